The van der Waals surface area contributed by atoms with Crippen molar-refractivity contribution >= 4 is 33.9 Å². The van der Waals surface area contributed by atoms with E-state index in [-0.39, 0.29) is 13.2 Å². The first-order valence-corrected chi connectivity index (χ1v) is 12.2. The van der Waals surface area contributed by atoms with E-state index < -0.39 is 37.7 Å². The summed E-state index contributed by atoms with van der Waals surface area (Å²) < 4.78 is 20.8. The molecule has 2 unspecified atom stereocenters. The predicted molar refractivity (Wildman–Crippen MR) is 142 cm³/mol. The molecule has 0 aliphatic carbocycles. The second-order valence-corrected chi connectivity index (χ2v) is 8.79. The van der Waals surface area contributed by atoms with Crippen LogP contribution in [0.3, 0.4) is 0 Å². The summed E-state index contributed by atoms with van der Waals surface area (Å²) in [6, 6.07) is 22.9. The van der Waals surface area contributed by atoms with Crippen LogP contribution in [0.1, 0.15) is 11.1 Å². The number of aliphatic hydroxyl groups is 2. The van der Waals surface area contributed by atoms with Gasteiger partial charge in [-0.3, -0.25) is 0 Å². The quantitative estimate of drug-likeness (QED) is 0.191. The van der Waals surface area contributed by atoms with Crippen molar-refractivity contribution in [2.45, 2.75) is 18.6 Å². The first-order chi connectivity index (χ1) is 18.8. The average molecular weight is 537 g/mol. The lowest BCUT2D eigenvalue weighted by atomic mass is 9.93. The van der Waals surface area contributed by atoms with Gasteiger partial charge in [0.05, 0.1) is 0 Å². The third-order valence-corrected chi connectivity index (χ3v) is 6.01. The van der Waals surface area contributed by atoms with Crippen molar-refractivity contribution in [1.82, 2.24) is 0 Å². The highest BCUT2D eigenvalue weighted by Gasteiger charge is 2.18. The molecule has 204 valence electrons. The Morgan fingerprint density at radius 1 is 0.590 bits per heavy atom. The molecule has 10 nitrogen and oxygen atoms in total. The monoisotopic (exact) mass is 536 g/mol. The second kappa shape index (κ2) is 12.8. The van der Waals surface area contributed by atoms with Gasteiger partial charge in [-0.25, -0.2) is 9.59 Å². The molecule has 0 aromatic heterocycles. The van der Waals surface area contributed by atoms with Gasteiger partial charge in [0.15, 0.2) is 0 Å². The molecule has 4 N–H and O–H groups in total. The van der Waals surface area contributed by atoms with Crippen LogP contribution in [-0.2, 0) is 15.9 Å². The van der Waals surface area contributed by atoms with Crippen molar-refractivity contribution in [2.24, 2.45) is 0 Å². The van der Waals surface area contributed by atoms with Crippen molar-refractivity contribution in [3.05, 3.63) is 83.9 Å². The van der Waals surface area contributed by atoms with Gasteiger partial charge in [0, 0.05) is 17.5 Å². The Balaban J connectivity index is 1.68. The highest BCUT2D eigenvalue weighted by atomic mass is 16.7. The molecule has 0 aliphatic heterocycles. The van der Waals surface area contributed by atoms with Crippen molar-refractivity contribution in [1.29, 1.82) is 0 Å². The normalized spacial score (nSPS) is 12.6. The van der Waals surface area contributed by atoms with Crippen molar-refractivity contribution in [2.75, 3.05) is 26.4 Å². The topological polar surface area (TPSA) is 152 Å². The highest BCUT2D eigenvalue weighted by molar-refractivity contribution is 5.91. The van der Waals surface area contributed by atoms with Crippen LogP contribution in [0.4, 0.5) is 9.59 Å². The number of hydrogen-bond donors (Lipinski definition) is 4. The fraction of sp³-hybridized carbons (Fsp3) is 0.241. The van der Waals surface area contributed by atoms with Gasteiger partial charge < -0.3 is 39.4 Å². The van der Waals surface area contributed by atoms with Crippen LogP contribution in [0.25, 0.3) is 21.5 Å². The van der Waals surface area contributed by atoms with Crippen LogP contribution in [0.15, 0.2) is 72.8 Å². The van der Waals surface area contributed by atoms with Crippen LogP contribution in [0.2, 0.25) is 0 Å². The Morgan fingerprint density at radius 3 is 1.41 bits per heavy atom. The zero-order valence-electron chi connectivity index (χ0n) is 20.9. The maximum absolute atomic E-state index is 10.6. The van der Waals surface area contributed by atoms with Crippen LogP contribution in [0, 0.1) is 0 Å². The van der Waals surface area contributed by atoms with Gasteiger partial charge in [0.2, 0.25) is 0 Å². The number of carboxylic acid groups (broad SMARTS) is 2. The zero-order valence-corrected chi connectivity index (χ0v) is 20.9. The Morgan fingerprint density at radius 2 is 1.00 bits per heavy atom. The highest BCUT2D eigenvalue weighted by Crippen LogP contribution is 2.36. The van der Waals surface area contributed by atoms with Crippen LogP contribution in [-0.4, -0.2) is 71.4 Å². The summed E-state index contributed by atoms with van der Waals surface area (Å²) in [5.74, 6) is 0.994. The SMILES string of the molecule is O=C(O)OCC(O)COc1ccc2ccccc2c1Cc1c(OCC(O)COC(=O)O)ccc2ccccc12. The van der Waals surface area contributed by atoms with E-state index in [2.05, 4.69) is 9.47 Å². The van der Waals surface area contributed by atoms with Gasteiger partial charge >= 0.3 is 12.3 Å². The summed E-state index contributed by atoms with van der Waals surface area (Å²) in [6.07, 6.45) is -4.93. The van der Waals surface area contributed by atoms with Crippen LogP contribution < -0.4 is 9.47 Å². The third kappa shape index (κ3) is 7.28. The number of benzene rings is 4. The lowest BCUT2D eigenvalue weighted by Gasteiger charge is -2.20. The summed E-state index contributed by atoms with van der Waals surface area (Å²) in [5, 5.41) is 41.4. The van der Waals surface area contributed by atoms with Gasteiger partial charge in [-0.05, 0) is 33.7 Å². The average Bonchev–Trinajstić information content (AvgIpc) is 2.93. The van der Waals surface area contributed by atoms with Gasteiger partial charge in [0.25, 0.3) is 0 Å². The second-order valence-electron chi connectivity index (χ2n) is 8.79. The summed E-state index contributed by atoms with van der Waals surface area (Å²) in [7, 11) is 0. The van der Waals surface area contributed by atoms with E-state index >= 15 is 0 Å². The largest absolute Gasteiger partial charge is 0.505 e. The summed E-state index contributed by atoms with van der Waals surface area (Å²) >= 11 is 0. The summed E-state index contributed by atoms with van der Waals surface area (Å²) in [4.78, 5) is 21.3. The van der Waals surface area contributed by atoms with Crippen LogP contribution >= 0.6 is 0 Å². The van der Waals surface area contributed by atoms with E-state index in [0.717, 1.165) is 32.7 Å². The standard InChI is InChI=1S/C29H28O10/c30-20(16-38-28(32)33)14-36-26-11-9-18-5-1-3-7-22(18)24(26)13-25-23-8-4-2-6-19(23)10-12-27(25)37-15-21(31)17-39-29(34)35/h1-12,20-21,30-31H,13-17H2,(H,32,33)(H,34,35). The zero-order chi connectivity index (χ0) is 27.8. The molecule has 10 heteroatoms. The first kappa shape index (κ1) is 27.5. The number of ether oxygens (including phenoxy) is 4. The minimum Gasteiger partial charge on any atom is -0.490 e. The fourth-order valence-corrected chi connectivity index (χ4v) is 4.25. The van der Waals surface area contributed by atoms with Crippen LogP contribution in [0.5, 0.6) is 11.5 Å². The third-order valence-electron chi connectivity index (χ3n) is 6.01. The minimum atomic E-state index is -1.48. The van der Waals surface area contributed by atoms with Crippen molar-refractivity contribution in [3.63, 3.8) is 0 Å². The van der Waals surface area contributed by atoms with Crippen molar-refractivity contribution < 1.29 is 49.0 Å². The van der Waals surface area contributed by atoms with E-state index in [1.807, 2.05) is 60.7 Å². The van der Waals surface area contributed by atoms with Gasteiger partial charge in [-0.1, -0.05) is 60.7 Å². The summed E-state index contributed by atoms with van der Waals surface area (Å²) in [5.41, 5.74) is 1.63. The lowest BCUT2D eigenvalue weighted by molar-refractivity contribution is 0.0195. The molecule has 0 heterocycles. The first-order valence-electron chi connectivity index (χ1n) is 12.2. The molecule has 39 heavy (non-hydrogen) atoms. The molecule has 0 amide bonds. The lowest BCUT2D eigenvalue weighted by Crippen LogP contribution is -2.25. The number of carbonyl (C=O) groups is 2. The van der Waals surface area contributed by atoms with E-state index in [1.54, 1.807) is 12.1 Å². The van der Waals surface area contributed by atoms with Crippen molar-refractivity contribution in [3.8, 4) is 11.5 Å². The molecule has 0 radical (unpaired) electrons. The minimum absolute atomic E-state index is 0.187. The van der Waals surface area contributed by atoms with E-state index in [4.69, 9.17) is 19.7 Å². The molecule has 0 bridgehead atoms. The fourth-order valence-electron chi connectivity index (χ4n) is 4.25. The number of hydrogen-bond acceptors (Lipinski definition) is 8. The maximum Gasteiger partial charge on any atom is 0.505 e. The van der Waals surface area contributed by atoms with Gasteiger partial charge in [-0.15, -0.1) is 0 Å². The molecule has 4 rings (SSSR count). The Kier molecular flexibility index (Phi) is 9.03. The maximum atomic E-state index is 10.6. The van der Waals surface area contributed by atoms with E-state index in [9.17, 15) is 19.8 Å². The number of rotatable bonds is 12. The number of aliphatic hydroxyl groups excluding tert-OH is 2. The predicted octanol–water partition coefficient (Wildman–Crippen LogP) is 4.45. The molecule has 0 fully saturated rings. The van der Waals surface area contributed by atoms with Gasteiger partial charge in [-0.2, -0.15) is 0 Å². The smallest absolute Gasteiger partial charge is 0.490 e. The Bertz CT molecular complexity index is 1340. The van der Waals surface area contributed by atoms with Gasteiger partial charge in [0.1, 0.15) is 50.1 Å². The molecular formula is C29H28O10. The molecule has 4 aromatic rings. The molecular weight excluding hydrogens is 508 g/mol. The molecule has 2 atom stereocenters. The molecule has 4 aromatic carbocycles. The number of fused-ring (bicyclic) bond motifs is 2. The Labute approximate surface area is 223 Å². The van der Waals surface area contributed by atoms with E-state index in [1.165, 1.54) is 0 Å². The molecule has 0 aliphatic rings. The molecule has 0 saturated carbocycles. The molecule has 0 spiro atoms. The van der Waals surface area contributed by atoms with E-state index in [0.29, 0.717) is 17.9 Å². The Hall–Kier alpha value is -4.54. The summed E-state index contributed by atoms with van der Waals surface area (Å²) in [6.45, 7) is -1.22. The molecule has 0 saturated heterocycles.